The first-order valence-corrected chi connectivity index (χ1v) is 8.41. The first kappa shape index (κ1) is 15.2. The third-order valence-electron chi connectivity index (χ3n) is 2.89. The molecule has 1 heterocycles. The van der Waals surface area contributed by atoms with Gasteiger partial charge in [-0.1, -0.05) is 15.9 Å². The van der Waals surface area contributed by atoms with E-state index in [4.69, 9.17) is 0 Å². The van der Waals surface area contributed by atoms with Crippen molar-refractivity contribution in [3.8, 4) is 0 Å². The molecule has 0 saturated carbocycles. The Balaban J connectivity index is 2.02. The molecule has 1 aromatic carbocycles. The summed E-state index contributed by atoms with van der Waals surface area (Å²) in [5.74, 6) is 0. The van der Waals surface area contributed by atoms with E-state index >= 15 is 0 Å². The van der Waals surface area contributed by atoms with Crippen LogP contribution >= 0.6 is 15.9 Å². The van der Waals surface area contributed by atoms with E-state index in [-0.39, 0.29) is 4.90 Å². The standard InChI is InChI=1S/C14H15BrN2O2S/c1-11-10-13(2-3-14(11)15)20(18,19)17-9-6-12-4-7-16-8-5-12/h2-5,7-8,10,17H,6,9H2,1H3. The smallest absolute Gasteiger partial charge is 0.240 e. The van der Waals surface area contributed by atoms with Gasteiger partial charge in [0.1, 0.15) is 0 Å². The number of hydrogen-bond donors (Lipinski definition) is 1. The first-order valence-electron chi connectivity index (χ1n) is 6.14. The average Bonchev–Trinajstić information content (AvgIpc) is 2.43. The molecule has 4 nitrogen and oxygen atoms in total. The van der Waals surface area contributed by atoms with Crippen LogP contribution in [-0.2, 0) is 16.4 Å². The van der Waals surface area contributed by atoms with Crippen LogP contribution in [-0.4, -0.2) is 19.9 Å². The van der Waals surface area contributed by atoms with Crippen molar-refractivity contribution in [1.29, 1.82) is 0 Å². The summed E-state index contributed by atoms with van der Waals surface area (Å²) < 4.78 is 27.8. The highest BCUT2D eigenvalue weighted by atomic mass is 79.9. The van der Waals surface area contributed by atoms with E-state index in [1.165, 1.54) is 0 Å². The lowest BCUT2D eigenvalue weighted by molar-refractivity contribution is 0.581. The minimum absolute atomic E-state index is 0.285. The molecular formula is C14H15BrN2O2S. The Labute approximate surface area is 127 Å². The van der Waals surface area contributed by atoms with Gasteiger partial charge < -0.3 is 0 Å². The van der Waals surface area contributed by atoms with Gasteiger partial charge in [-0.05, 0) is 54.8 Å². The molecule has 0 saturated heterocycles. The molecule has 0 radical (unpaired) electrons. The maximum atomic E-state index is 12.1. The van der Waals surface area contributed by atoms with Crippen LogP contribution in [0.3, 0.4) is 0 Å². The summed E-state index contributed by atoms with van der Waals surface area (Å²) in [4.78, 5) is 4.21. The van der Waals surface area contributed by atoms with E-state index in [1.54, 1.807) is 30.6 Å². The van der Waals surface area contributed by atoms with Crippen LogP contribution in [0.1, 0.15) is 11.1 Å². The van der Waals surface area contributed by atoms with Crippen molar-refractivity contribution < 1.29 is 8.42 Å². The van der Waals surface area contributed by atoms with Crippen molar-refractivity contribution in [2.75, 3.05) is 6.54 Å². The molecule has 0 spiro atoms. The quantitative estimate of drug-likeness (QED) is 0.897. The topological polar surface area (TPSA) is 59.1 Å². The molecule has 0 atom stereocenters. The third-order valence-corrected chi connectivity index (χ3v) is 5.24. The van der Waals surface area contributed by atoms with Crippen molar-refractivity contribution in [3.63, 3.8) is 0 Å². The van der Waals surface area contributed by atoms with Gasteiger partial charge in [0.2, 0.25) is 10.0 Å². The van der Waals surface area contributed by atoms with Crippen molar-refractivity contribution in [2.45, 2.75) is 18.2 Å². The Kier molecular flexibility index (Phi) is 4.91. The maximum absolute atomic E-state index is 12.1. The molecule has 0 unspecified atom stereocenters. The SMILES string of the molecule is Cc1cc(S(=O)(=O)NCCc2ccncc2)ccc1Br. The molecule has 1 aromatic heterocycles. The van der Waals surface area contributed by atoms with Gasteiger partial charge in [-0.3, -0.25) is 4.98 Å². The minimum atomic E-state index is -3.46. The molecule has 2 rings (SSSR count). The summed E-state index contributed by atoms with van der Waals surface area (Å²) in [6.07, 6.45) is 4.03. The van der Waals surface area contributed by atoms with Gasteiger partial charge >= 0.3 is 0 Å². The van der Waals surface area contributed by atoms with Gasteiger partial charge in [0.05, 0.1) is 4.90 Å². The van der Waals surface area contributed by atoms with E-state index in [1.807, 2.05) is 19.1 Å². The van der Waals surface area contributed by atoms with E-state index in [2.05, 4.69) is 25.6 Å². The van der Waals surface area contributed by atoms with Gasteiger partial charge in [0, 0.05) is 23.4 Å². The molecule has 6 heteroatoms. The Bertz CT molecular complexity index is 688. The minimum Gasteiger partial charge on any atom is -0.265 e. The number of sulfonamides is 1. The second-order valence-electron chi connectivity index (χ2n) is 4.41. The number of aromatic nitrogens is 1. The fourth-order valence-electron chi connectivity index (χ4n) is 1.75. The van der Waals surface area contributed by atoms with Crippen molar-refractivity contribution >= 4 is 26.0 Å². The van der Waals surface area contributed by atoms with Crippen LogP contribution in [0.25, 0.3) is 0 Å². The molecule has 106 valence electrons. The predicted molar refractivity (Wildman–Crippen MR) is 82.0 cm³/mol. The highest BCUT2D eigenvalue weighted by Gasteiger charge is 2.14. The van der Waals surface area contributed by atoms with E-state index in [0.717, 1.165) is 15.6 Å². The van der Waals surface area contributed by atoms with Gasteiger partial charge in [-0.15, -0.1) is 0 Å². The monoisotopic (exact) mass is 354 g/mol. The Hall–Kier alpha value is -1.24. The Morgan fingerprint density at radius 3 is 2.55 bits per heavy atom. The number of hydrogen-bond acceptors (Lipinski definition) is 3. The summed E-state index contributed by atoms with van der Waals surface area (Å²) in [5.41, 5.74) is 1.94. The van der Waals surface area contributed by atoms with Crippen LogP contribution in [0.2, 0.25) is 0 Å². The third kappa shape index (κ3) is 3.88. The second-order valence-corrected chi connectivity index (χ2v) is 7.04. The highest BCUT2D eigenvalue weighted by Crippen LogP contribution is 2.19. The number of nitrogens with one attached hydrogen (secondary N) is 1. The maximum Gasteiger partial charge on any atom is 0.240 e. The van der Waals surface area contributed by atoms with E-state index in [9.17, 15) is 8.42 Å². The van der Waals surface area contributed by atoms with Gasteiger partial charge in [0.15, 0.2) is 0 Å². The average molecular weight is 355 g/mol. The first-order chi connectivity index (χ1) is 9.49. The second kappa shape index (κ2) is 6.47. The molecule has 20 heavy (non-hydrogen) atoms. The van der Waals surface area contributed by atoms with E-state index < -0.39 is 10.0 Å². The van der Waals surface area contributed by atoms with Gasteiger partial charge in [0.25, 0.3) is 0 Å². The predicted octanol–water partition coefficient (Wildman–Crippen LogP) is 2.67. The molecule has 2 aromatic rings. The van der Waals surface area contributed by atoms with Crippen LogP contribution in [0.15, 0.2) is 52.1 Å². The lowest BCUT2D eigenvalue weighted by Gasteiger charge is -2.08. The molecule has 1 N–H and O–H groups in total. The van der Waals surface area contributed by atoms with Crippen molar-refractivity contribution in [3.05, 3.63) is 58.3 Å². The number of halogens is 1. The summed E-state index contributed by atoms with van der Waals surface area (Å²) in [6, 6.07) is 8.73. The Morgan fingerprint density at radius 2 is 1.90 bits per heavy atom. The van der Waals surface area contributed by atoms with Gasteiger partial charge in [-0.2, -0.15) is 0 Å². The van der Waals surface area contributed by atoms with Crippen LogP contribution < -0.4 is 4.72 Å². The molecule has 0 amide bonds. The molecule has 0 fully saturated rings. The summed E-state index contributed by atoms with van der Waals surface area (Å²) in [5, 5.41) is 0. The van der Waals surface area contributed by atoms with E-state index in [0.29, 0.717) is 13.0 Å². The molecule has 0 aliphatic carbocycles. The normalized spacial score (nSPS) is 11.5. The van der Waals surface area contributed by atoms with Gasteiger partial charge in [-0.25, -0.2) is 13.1 Å². The zero-order valence-corrected chi connectivity index (χ0v) is 13.4. The van der Waals surface area contributed by atoms with Crippen molar-refractivity contribution in [2.24, 2.45) is 0 Å². The number of rotatable bonds is 5. The van der Waals surface area contributed by atoms with Crippen LogP contribution in [0.4, 0.5) is 0 Å². The molecule has 0 aliphatic rings. The molecule has 0 aliphatic heterocycles. The number of aryl methyl sites for hydroxylation is 1. The van der Waals surface area contributed by atoms with Crippen LogP contribution in [0, 0.1) is 6.92 Å². The lowest BCUT2D eigenvalue weighted by Crippen LogP contribution is -2.26. The highest BCUT2D eigenvalue weighted by molar-refractivity contribution is 9.10. The molecule has 0 bridgehead atoms. The fourth-order valence-corrected chi connectivity index (χ4v) is 3.11. The zero-order valence-electron chi connectivity index (χ0n) is 11.0. The summed E-state index contributed by atoms with van der Waals surface area (Å²) in [7, 11) is -3.46. The number of nitrogens with zero attached hydrogens (tertiary/aromatic N) is 1. The lowest BCUT2D eigenvalue weighted by atomic mass is 10.2. The number of pyridine rings is 1. The van der Waals surface area contributed by atoms with Crippen LogP contribution in [0.5, 0.6) is 0 Å². The fraction of sp³-hybridized carbons (Fsp3) is 0.214. The largest absolute Gasteiger partial charge is 0.265 e. The summed E-state index contributed by atoms with van der Waals surface area (Å²) in [6.45, 7) is 2.22. The van der Waals surface area contributed by atoms with Crippen molar-refractivity contribution in [1.82, 2.24) is 9.71 Å². The Morgan fingerprint density at radius 1 is 1.20 bits per heavy atom. The number of benzene rings is 1. The molecular weight excluding hydrogens is 340 g/mol. The zero-order chi connectivity index (χ0) is 14.6. The summed E-state index contributed by atoms with van der Waals surface area (Å²) >= 11 is 3.36.